The second-order valence-electron chi connectivity index (χ2n) is 7.30. The van der Waals surface area contributed by atoms with Crippen molar-refractivity contribution >= 4 is 17.3 Å². The van der Waals surface area contributed by atoms with Crippen LogP contribution in [0.5, 0.6) is 17.2 Å². The fourth-order valence-electron chi connectivity index (χ4n) is 4.00. The summed E-state index contributed by atoms with van der Waals surface area (Å²) in [7, 11) is 3.34. The summed E-state index contributed by atoms with van der Waals surface area (Å²) in [6, 6.07) is 21.7. The zero-order chi connectivity index (χ0) is 20.7. The standard InChI is InChI=1S/C24H21ClN2O3/c1-28-18-9-5-15(6-10-18)21-14-22-20-13-19(29-2)11-12-23(20)30-24(27(22)26-21)16-3-7-17(25)8-4-16/h3-13,22,24H,14H2,1-2H3/t22-,24+/m0/s1. The Morgan fingerprint density at radius 2 is 1.63 bits per heavy atom. The Labute approximate surface area is 180 Å². The lowest BCUT2D eigenvalue weighted by Crippen LogP contribution is -2.33. The average Bonchev–Trinajstić information content (AvgIpc) is 3.24. The van der Waals surface area contributed by atoms with Gasteiger partial charge in [-0.15, -0.1) is 0 Å². The molecule has 0 radical (unpaired) electrons. The largest absolute Gasteiger partial charge is 0.497 e. The topological polar surface area (TPSA) is 43.3 Å². The van der Waals surface area contributed by atoms with Crippen molar-refractivity contribution in [2.75, 3.05) is 14.2 Å². The zero-order valence-electron chi connectivity index (χ0n) is 16.7. The fraction of sp³-hybridized carbons (Fsp3) is 0.208. The number of methoxy groups -OCH3 is 2. The molecule has 6 heteroatoms. The van der Waals surface area contributed by atoms with Crippen molar-refractivity contribution in [3.05, 3.63) is 88.4 Å². The van der Waals surface area contributed by atoms with E-state index in [9.17, 15) is 0 Å². The lowest BCUT2D eigenvalue weighted by molar-refractivity contribution is -0.0191. The lowest BCUT2D eigenvalue weighted by atomic mass is 9.95. The molecule has 0 saturated heterocycles. The molecule has 0 aromatic heterocycles. The summed E-state index contributed by atoms with van der Waals surface area (Å²) in [5.41, 5.74) is 4.17. The number of hydrazone groups is 1. The first-order valence-corrected chi connectivity index (χ1v) is 10.1. The predicted octanol–water partition coefficient (Wildman–Crippen LogP) is 5.60. The third kappa shape index (κ3) is 3.25. The molecular weight excluding hydrogens is 400 g/mol. The summed E-state index contributed by atoms with van der Waals surface area (Å²) in [4.78, 5) is 0. The van der Waals surface area contributed by atoms with Crippen LogP contribution >= 0.6 is 11.6 Å². The van der Waals surface area contributed by atoms with E-state index < -0.39 is 0 Å². The average molecular weight is 421 g/mol. The second-order valence-corrected chi connectivity index (χ2v) is 7.74. The minimum absolute atomic E-state index is 0.0571. The summed E-state index contributed by atoms with van der Waals surface area (Å²) < 4.78 is 17.1. The van der Waals surface area contributed by atoms with Gasteiger partial charge in [-0.3, -0.25) is 0 Å². The van der Waals surface area contributed by atoms with Crippen LogP contribution in [0.3, 0.4) is 0 Å². The van der Waals surface area contributed by atoms with Gasteiger partial charge in [-0.05, 0) is 60.2 Å². The lowest BCUT2D eigenvalue weighted by Gasteiger charge is -2.38. The van der Waals surface area contributed by atoms with Crippen LogP contribution in [0.4, 0.5) is 0 Å². The molecule has 0 N–H and O–H groups in total. The Bertz CT molecular complexity index is 1100. The zero-order valence-corrected chi connectivity index (χ0v) is 17.5. The molecule has 3 aromatic rings. The van der Waals surface area contributed by atoms with Crippen LogP contribution < -0.4 is 14.2 Å². The molecular formula is C24H21ClN2O3. The number of nitrogens with zero attached hydrogens (tertiary/aromatic N) is 2. The van der Waals surface area contributed by atoms with Gasteiger partial charge in [0.15, 0.2) is 0 Å². The van der Waals surface area contributed by atoms with E-state index in [1.54, 1.807) is 14.2 Å². The minimum Gasteiger partial charge on any atom is -0.497 e. The summed E-state index contributed by atoms with van der Waals surface area (Å²) in [6.45, 7) is 0. The first-order chi connectivity index (χ1) is 14.7. The van der Waals surface area contributed by atoms with Crippen LogP contribution in [0.15, 0.2) is 71.8 Å². The van der Waals surface area contributed by atoms with E-state index in [-0.39, 0.29) is 12.3 Å². The van der Waals surface area contributed by atoms with Gasteiger partial charge in [0, 0.05) is 22.6 Å². The Kier molecular flexibility index (Phi) is 4.75. The van der Waals surface area contributed by atoms with Crippen molar-refractivity contribution in [1.82, 2.24) is 5.01 Å². The van der Waals surface area contributed by atoms with Gasteiger partial charge in [0.25, 0.3) is 0 Å². The first kappa shape index (κ1) is 18.8. The molecule has 5 nitrogen and oxygen atoms in total. The first-order valence-electron chi connectivity index (χ1n) is 9.76. The van der Waals surface area contributed by atoms with Crippen LogP contribution in [-0.2, 0) is 0 Å². The van der Waals surface area contributed by atoms with Crippen molar-refractivity contribution in [3.63, 3.8) is 0 Å². The minimum atomic E-state index is -0.330. The third-order valence-corrected chi connectivity index (χ3v) is 5.83. The van der Waals surface area contributed by atoms with Crippen LogP contribution in [-0.4, -0.2) is 24.9 Å². The van der Waals surface area contributed by atoms with Crippen molar-refractivity contribution < 1.29 is 14.2 Å². The van der Waals surface area contributed by atoms with E-state index in [4.69, 9.17) is 30.9 Å². The SMILES string of the molecule is COc1ccc(C2=NN3[C@@H](c4ccc(Cl)cc4)Oc4ccc(OC)cc4[C@@H]3C2)cc1. The highest BCUT2D eigenvalue weighted by molar-refractivity contribution is 6.30. The summed E-state index contributed by atoms with van der Waals surface area (Å²) >= 11 is 6.10. The van der Waals surface area contributed by atoms with Crippen LogP contribution in [0.2, 0.25) is 5.02 Å². The molecule has 0 unspecified atom stereocenters. The van der Waals surface area contributed by atoms with E-state index in [1.807, 2.05) is 71.7 Å². The number of hydrogen-bond donors (Lipinski definition) is 0. The van der Waals surface area contributed by atoms with Gasteiger partial charge < -0.3 is 14.2 Å². The van der Waals surface area contributed by atoms with Gasteiger partial charge in [0.1, 0.15) is 17.2 Å². The maximum Gasteiger partial charge on any atom is 0.213 e. The summed E-state index contributed by atoms with van der Waals surface area (Å²) in [5, 5.41) is 7.72. The Hall–Kier alpha value is -3.18. The highest BCUT2D eigenvalue weighted by Crippen LogP contribution is 2.48. The molecule has 152 valence electrons. The number of halogens is 1. The molecule has 2 heterocycles. The number of rotatable bonds is 4. The summed E-state index contributed by atoms with van der Waals surface area (Å²) in [5.74, 6) is 2.48. The van der Waals surface area contributed by atoms with E-state index >= 15 is 0 Å². The molecule has 2 aliphatic rings. The molecule has 2 atom stereocenters. The van der Waals surface area contributed by atoms with Crippen molar-refractivity contribution in [2.45, 2.75) is 18.7 Å². The monoisotopic (exact) mass is 420 g/mol. The molecule has 30 heavy (non-hydrogen) atoms. The van der Waals surface area contributed by atoms with Gasteiger partial charge in [-0.25, -0.2) is 5.01 Å². The molecule has 0 spiro atoms. The van der Waals surface area contributed by atoms with Gasteiger partial charge in [-0.2, -0.15) is 5.10 Å². The third-order valence-electron chi connectivity index (χ3n) is 5.58. The molecule has 5 rings (SSSR count). The van der Waals surface area contributed by atoms with Crippen LogP contribution in [0.25, 0.3) is 0 Å². The molecule has 0 fully saturated rings. The van der Waals surface area contributed by atoms with Gasteiger partial charge in [0.2, 0.25) is 6.23 Å². The van der Waals surface area contributed by atoms with Crippen LogP contribution in [0.1, 0.15) is 35.4 Å². The Morgan fingerprint density at radius 1 is 0.933 bits per heavy atom. The molecule has 0 saturated carbocycles. The second kappa shape index (κ2) is 7.58. The number of ether oxygens (including phenoxy) is 3. The number of fused-ring (bicyclic) bond motifs is 3. The highest BCUT2D eigenvalue weighted by Gasteiger charge is 2.41. The fourth-order valence-corrected chi connectivity index (χ4v) is 4.12. The quantitative estimate of drug-likeness (QED) is 0.551. The van der Waals surface area contributed by atoms with Crippen molar-refractivity contribution in [3.8, 4) is 17.2 Å². The molecule has 0 amide bonds. The maximum absolute atomic E-state index is 6.39. The van der Waals surface area contributed by atoms with E-state index in [0.717, 1.165) is 46.1 Å². The Morgan fingerprint density at radius 3 is 2.33 bits per heavy atom. The maximum atomic E-state index is 6.39. The normalized spacial score (nSPS) is 19.4. The summed E-state index contributed by atoms with van der Waals surface area (Å²) in [6.07, 6.45) is 0.448. The predicted molar refractivity (Wildman–Crippen MR) is 117 cm³/mol. The highest BCUT2D eigenvalue weighted by atomic mass is 35.5. The van der Waals surface area contributed by atoms with Gasteiger partial charge in [-0.1, -0.05) is 23.7 Å². The van der Waals surface area contributed by atoms with E-state index in [2.05, 4.69) is 0 Å². The molecule has 2 aliphatic heterocycles. The Balaban J connectivity index is 1.57. The van der Waals surface area contributed by atoms with E-state index in [1.165, 1.54) is 0 Å². The number of benzene rings is 3. The smallest absolute Gasteiger partial charge is 0.213 e. The van der Waals surface area contributed by atoms with Crippen molar-refractivity contribution in [1.29, 1.82) is 0 Å². The molecule has 0 bridgehead atoms. The molecule has 0 aliphatic carbocycles. The number of hydrogen-bond acceptors (Lipinski definition) is 5. The molecule has 3 aromatic carbocycles. The van der Waals surface area contributed by atoms with Gasteiger partial charge >= 0.3 is 0 Å². The van der Waals surface area contributed by atoms with Crippen LogP contribution in [0, 0.1) is 0 Å². The van der Waals surface area contributed by atoms with Gasteiger partial charge in [0.05, 0.1) is 26.0 Å². The van der Waals surface area contributed by atoms with E-state index in [0.29, 0.717) is 5.02 Å². The van der Waals surface area contributed by atoms with Crippen molar-refractivity contribution in [2.24, 2.45) is 5.10 Å².